The second-order valence-electron chi connectivity index (χ2n) is 6.66. The highest BCUT2D eigenvalue weighted by Gasteiger charge is 2.20. The van der Waals surface area contributed by atoms with Gasteiger partial charge in [-0.2, -0.15) is 0 Å². The van der Waals surface area contributed by atoms with Gasteiger partial charge in [-0.1, -0.05) is 42.2 Å². The van der Waals surface area contributed by atoms with Gasteiger partial charge in [-0.25, -0.2) is 0 Å². The number of nitrogens with zero attached hydrogens (tertiary/aromatic N) is 1. The van der Waals surface area contributed by atoms with Crippen LogP contribution in [0.1, 0.15) is 29.5 Å². The summed E-state index contributed by atoms with van der Waals surface area (Å²) in [5.41, 5.74) is 8.87. The summed E-state index contributed by atoms with van der Waals surface area (Å²) in [4.78, 5) is 26.6. The third-order valence-corrected chi connectivity index (χ3v) is 4.57. The smallest absolute Gasteiger partial charge is 0.229 e. The molecule has 0 atom stereocenters. The number of anilines is 1. The number of rotatable bonds is 8. The monoisotopic (exact) mass is 391 g/mol. The maximum Gasteiger partial charge on any atom is 0.229 e. The van der Waals surface area contributed by atoms with E-state index in [0.29, 0.717) is 26.3 Å². The molecule has 0 aliphatic carbocycles. The van der Waals surface area contributed by atoms with Crippen LogP contribution in [0.25, 0.3) is 0 Å². The standard InChI is InChI=1S/C23H25N3O3/c24-13-16-29-15-12-22(27)25-14-11-23(28)26-17-20-7-2-1-5-18(20)9-10-19-6-3-4-8-21(19)26/h1-8H,11-17,24H2,(H,25,27). The molecule has 0 saturated carbocycles. The predicted octanol–water partition coefficient (Wildman–Crippen LogP) is 1.80. The van der Waals surface area contributed by atoms with Gasteiger partial charge in [-0.3, -0.25) is 9.59 Å². The van der Waals surface area contributed by atoms with Gasteiger partial charge < -0.3 is 20.7 Å². The van der Waals surface area contributed by atoms with E-state index in [0.717, 1.165) is 22.4 Å². The highest BCUT2D eigenvalue weighted by molar-refractivity contribution is 5.95. The summed E-state index contributed by atoms with van der Waals surface area (Å²) in [6.45, 7) is 1.92. The average molecular weight is 391 g/mol. The van der Waals surface area contributed by atoms with Crippen molar-refractivity contribution >= 4 is 17.5 Å². The Morgan fingerprint density at radius 1 is 1.00 bits per heavy atom. The van der Waals surface area contributed by atoms with E-state index in [4.69, 9.17) is 10.5 Å². The molecule has 0 radical (unpaired) electrons. The second-order valence-corrected chi connectivity index (χ2v) is 6.66. The Kier molecular flexibility index (Phi) is 7.40. The van der Waals surface area contributed by atoms with Crippen LogP contribution in [0.15, 0.2) is 48.5 Å². The lowest BCUT2D eigenvalue weighted by molar-refractivity contribution is -0.122. The maximum atomic E-state index is 13.0. The fraction of sp³-hybridized carbons (Fsp3) is 0.304. The number of ether oxygens (including phenoxy) is 1. The van der Waals surface area contributed by atoms with Gasteiger partial charge in [0.15, 0.2) is 0 Å². The third kappa shape index (κ3) is 5.67. The largest absolute Gasteiger partial charge is 0.380 e. The molecule has 2 amide bonds. The van der Waals surface area contributed by atoms with E-state index in [1.807, 2.05) is 48.5 Å². The number of para-hydroxylation sites is 1. The summed E-state index contributed by atoms with van der Waals surface area (Å²) in [5, 5.41) is 2.78. The van der Waals surface area contributed by atoms with Crippen LogP contribution in [0, 0.1) is 11.8 Å². The van der Waals surface area contributed by atoms with Crippen LogP contribution in [0.3, 0.4) is 0 Å². The number of carbonyl (C=O) groups excluding carboxylic acids is 2. The summed E-state index contributed by atoms with van der Waals surface area (Å²) in [7, 11) is 0. The Morgan fingerprint density at radius 3 is 2.55 bits per heavy atom. The Balaban J connectivity index is 1.65. The molecule has 150 valence electrons. The first-order valence-corrected chi connectivity index (χ1v) is 9.73. The quantitative estimate of drug-likeness (QED) is 0.531. The lowest BCUT2D eigenvalue weighted by Crippen LogP contribution is -2.35. The molecule has 2 aromatic rings. The van der Waals surface area contributed by atoms with Crippen LogP contribution in [0.2, 0.25) is 0 Å². The first-order valence-electron chi connectivity index (χ1n) is 9.73. The van der Waals surface area contributed by atoms with E-state index in [9.17, 15) is 9.59 Å². The number of nitrogens with two attached hydrogens (primary N) is 1. The summed E-state index contributed by atoms with van der Waals surface area (Å²) in [6, 6.07) is 15.5. The minimum Gasteiger partial charge on any atom is -0.380 e. The van der Waals surface area contributed by atoms with Gasteiger partial charge in [0.2, 0.25) is 11.8 Å². The van der Waals surface area contributed by atoms with Crippen molar-refractivity contribution < 1.29 is 14.3 Å². The summed E-state index contributed by atoms with van der Waals surface area (Å²) < 4.78 is 5.20. The lowest BCUT2D eigenvalue weighted by Gasteiger charge is -2.26. The number of amides is 2. The fourth-order valence-corrected chi connectivity index (χ4v) is 3.09. The molecule has 1 heterocycles. The van der Waals surface area contributed by atoms with Crippen LogP contribution in [-0.4, -0.2) is 38.1 Å². The van der Waals surface area contributed by atoms with E-state index < -0.39 is 0 Å². The van der Waals surface area contributed by atoms with Crippen LogP contribution >= 0.6 is 0 Å². The molecular formula is C23H25N3O3. The van der Waals surface area contributed by atoms with Crippen molar-refractivity contribution in [2.45, 2.75) is 19.4 Å². The highest BCUT2D eigenvalue weighted by atomic mass is 16.5. The minimum absolute atomic E-state index is 0.0596. The molecule has 0 fully saturated rings. The van der Waals surface area contributed by atoms with Gasteiger partial charge in [0.1, 0.15) is 0 Å². The number of benzene rings is 2. The Hall–Kier alpha value is -3.14. The van der Waals surface area contributed by atoms with Crippen molar-refractivity contribution in [1.82, 2.24) is 5.32 Å². The van der Waals surface area contributed by atoms with Gasteiger partial charge in [0, 0.05) is 37.1 Å². The second kappa shape index (κ2) is 10.4. The molecule has 0 unspecified atom stereocenters. The molecule has 3 rings (SSSR count). The van der Waals surface area contributed by atoms with Crippen molar-refractivity contribution in [1.29, 1.82) is 0 Å². The molecule has 6 heteroatoms. The van der Waals surface area contributed by atoms with Gasteiger partial charge in [-0.15, -0.1) is 0 Å². The van der Waals surface area contributed by atoms with Crippen LogP contribution in [0.5, 0.6) is 0 Å². The SMILES string of the molecule is NCCOCCC(=O)NCCC(=O)N1Cc2ccccc2C#Cc2ccccc21. The van der Waals surface area contributed by atoms with E-state index >= 15 is 0 Å². The minimum atomic E-state index is -0.140. The first kappa shape index (κ1) is 20.6. The fourth-order valence-electron chi connectivity index (χ4n) is 3.09. The Labute approximate surface area is 171 Å². The molecule has 2 aromatic carbocycles. The highest BCUT2D eigenvalue weighted by Crippen LogP contribution is 2.25. The maximum absolute atomic E-state index is 13.0. The number of nitrogens with one attached hydrogen (secondary N) is 1. The molecule has 0 spiro atoms. The topological polar surface area (TPSA) is 84.7 Å². The van der Waals surface area contributed by atoms with Crippen molar-refractivity contribution in [3.05, 3.63) is 65.2 Å². The van der Waals surface area contributed by atoms with Crippen LogP contribution in [-0.2, 0) is 20.9 Å². The molecule has 0 bridgehead atoms. The number of hydrogen-bond acceptors (Lipinski definition) is 4. The number of carbonyl (C=O) groups is 2. The Bertz CT molecular complexity index is 930. The Morgan fingerprint density at radius 2 is 1.72 bits per heavy atom. The molecule has 3 N–H and O–H groups in total. The van der Waals surface area contributed by atoms with Crippen molar-refractivity contribution in [2.75, 3.05) is 31.2 Å². The molecular weight excluding hydrogens is 366 g/mol. The van der Waals surface area contributed by atoms with Gasteiger partial charge in [-0.05, 0) is 23.8 Å². The van der Waals surface area contributed by atoms with Gasteiger partial charge in [0.05, 0.1) is 25.4 Å². The molecule has 1 aliphatic rings. The third-order valence-electron chi connectivity index (χ3n) is 4.57. The summed E-state index contributed by atoms with van der Waals surface area (Å²) in [5.74, 6) is 6.18. The van der Waals surface area contributed by atoms with Crippen molar-refractivity contribution in [2.24, 2.45) is 5.73 Å². The predicted molar refractivity (Wildman–Crippen MR) is 112 cm³/mol. The lowest BCUT2D eigenvalue weighted by atomic mass is 10.0. The normalized spacial score (nSPS) is 12.0. The molecule has 1 aliphatic heterocycles. The van der Waals surface area contributed by atoms with Crippen LogP contribution < -0.4 is 16.0 Å². The van der Waals surface area contributed by atoms with E-state index in [1.165, 1.54) is 0 Å². The average Bonchev–Trinajstić information content (AvgIpc) is 2.73. The van der Waals surface area contributed by atoms with E-state index in [-0.39, 0.29) is 31.2 Å². The zero-order valence-electron chi connectivity index (χ0n) is 16.3. The zero-order chi connectivity index (χ0) is 20.5. The summed E-state index contributed by atoms with van der Waals surface area (Å²) in [6.07, 6.45) is 0.461. The van der Waals surface area contributed by atoms with Crippen molar-refractivity contribution in [3.63, 3.8) is 0 Å². The molecule has 6 nitrogen and oxygen atoms in total. The molecule has 0 aromatic heterocycles. The van der Waals surface area contributed by atoms with Crippen molar-refractivity contribution in [3.8, 4) is 11.8 Å². The van der Waals surface area contributed by atoms with E-state index in [1.54, 1.807) is 4.90 Å². The van der Waals surface area contributed by atoms with Gasteiger partial charge in [0.25, 0.3) is 0 Å². The first-order chi connectivity index (χ1) is 14.2. The van der Waals surface area contributed by atoms with Gasteiger partial charge >= 0.3 is 0 Å². The zero-order valence-corrected chi connectivity index (χ0v) is 16.3. The van der Waals surface area contributed by atoms with E-state index in [2.05, 4.69) is 17.2 Å². The number of hydrogen-bond donors (Lipinski definition) is 2. The summed E-state index contributed by atoms with van der Waals surface area (Å²) >= 11 is 0. The van der Waals surface area contributed by atoms with Crippen LogP contribution in [0.4, 0.5) is 5.69 Å². The number of fused-ring (bicyclic) bond motifs is 2. The molecule has 0 saturated heterocycles. The molecule has 29 heavy (non-hydrogen) atoms.